The smallest absolute Gasteiger partial charge is 0.242 e. The van der Waals surface area contributed by atoms with Gasteiger partial charge in [0, 0.05) is 18.3 Å². The van der Waals surface area contributed by atoms with E-state index >= 15 is 0 Å². The van der Waals surface area contributed by atoms with E-state index in [1.165, 1.54) is 12.1 Å². The van der Waals surface area contributed by atoms with Crippen LogP contribution >= 0.6 is 0 Å². The summed E-state index contributed by atoms with van der Waals surface area (Å²) in [4.78, 5) is 14.1. The number of hydrogen-bond acceptors (Lipinski definition) is 5. The second-order valence-corrected chi connectivity index (χ2v) is 7.87. The minimum absolute atomic E-state index is 0.0261. The molecule has 1 amide bonds. The zero-order valence-corrected chi connectivity index (χ0v) is 16.1. The molecular formula is C19H22N2O5S. The summed E-state index contributed by atoms with van der Waals surface area (Å²) < 4.78 is 38.3. The van der Waals surface area contributed by atoms with Gasteiger partial charge in [-0.25, -0.2) is 13.1 Å². The monoisotopic (exact) mass is 390 g/mol. The van der Waals surface area contributed by atoms with Crippen LogP contribution in [0.4, 0.5) is 5.69 Å². The molecular weight excluding hydrogens is 368 g/mol. The first-order valence-corrected chi connectivity index (χ1v) is 10.2. The van der Waals surface area contributed by atoms with Gasteiger partial charge in [0.05, 0.1) is 11.4 Å². The Kier molecular flexibility index (Phi) is 5.67. The Labute approximate surface area is 158 Å². The van der Waals surface area contributed by atoms with Gasteiger partial charge in [0.1, 0.15) is 13.2 Å². The molecule has 0 aliphatic carbocycles. The van der Waals surface area contributed by atoms with Crippen molar-refractivity contribution in [2.75, 3.05) is 31.2 Å². The first kappa shape index (κ1) is 19.2. The van der Waals surface area contributed by atoms with E-state index in [0.29, 0.717) is 31.3 Å². The third-order valence-electron chi connectivity index (χ3n) is 4.17. The third-order valence-corrected chi connectivity index (χ3v) is 5.57. The quantitative estimate of drug-likeness (QED) is 0.816. The number of benzene rings is 2. The van der Waals surface area contributed by atoms with E-state index in [9.17, 15) is 13.2 Å². The van der Waals surface area contributed by atoms with Crippen molar-refractivity contribution in [1.82, 2.24) is 4.72 Å². The fraction of sp³-hybridized carbons (Fsp3) is 0.316. The zero-order valence-electron chi connectivity index (χ0n) is 15.3. The molecule has 0 spiro atoms. The predicted octanol–water partition coefficient (Wildman–Crippen LogP) is 2.10. The van der Waals surface area contributed by atoms with E-state index in [2.05, 4.69) is 4.72 Å². The van der Waals surface area contributed by atoms with E-state index in [-0.39, 0.29) is 17.3 Å². The highest BCUT2D eigenvalue weighted by Crippen LogP contribution is 2.32. The lowest BCUT2D eigenvalue weighted by molar-refractivity contribution is -0.117. The van der Waals surface area contributed by atoms with Crippen LogP contribution in [0.5, 0.6) is 11.5 Å². The molecule has 0 fully saturated rings. The molecule has 3 rings (SSSR count). The number of rotatable bonds is 6. The van der Waals surface area contributed by atoms with Gasteiger partial charge in [0.2, 0.25) is 15.9 Å². The number of nitrogens with zero attached hydrogens (tertiary/aromatic N) is 1. The van der Waals surface area contributed by atoms with Gasteiger partial charge in [-0.2, -0.15) is 0 Å². The number of carbonyl (C=O) groups excluding carboxylic acids is 1. The minimum atomic E-state index is -3.85. The topological polar surface area (TPSA) is 84.9 Å². The van der Waals surface area contributed by atoms with Gasteiger partial charge in [-0.1, -0.05) is 12.1 Å². The van der Waals surface area contributed by atoms with Crippen molar-refractivity contribution in [3.05, 3.63) is 48.0 Å². The van der Waals surface area contributed by atoms with Gasteiger partial charge in [0.25, 0.3) is 0 Å². The normalized spacial score (nSPS) is 13.3. The second kappa shape index (κ2) is 7.98. The van der Waals surface area contributed by atoms with Crippen LogP contribution in [0, 0.1) is 6.92 Å². The second-order valence-electron chi connectivity index (χ2n) is 6.11. The molecule has 1 N–H and O–H groups in total. The zero-order chi connectivity index (χ0) is 19.4. The third kappa shape index (κ3) is 4.40. The number of anilines is 1. The summed E-state index contributed by atoms with van der Waals surface area (Å²) in [5, 5.41) is 0. The highest BCUT2D eigenvalue weighted by molar-refractivity contribution is 7.89. The Morgan fingerprint density at radius 1 is 1.11 bits per heavy atom. The van der Waals surface area contributed by atoms with Crippen LogP contribution in [0.3, 0.4) is 0 Å². The lowest BCUT2D eigenvalue weighted by Crippen LogP contribution is -2.40. The molecule has 7 nitrogen and oxygen atoms in total. The van der Waals surface area contributed by atoms with Crippen molar-refractivity contribution in [1.29, 1.82) is 0 Å². The van der Waals surface area contributed by atoms with Crippen LogP contribution in [-0.4, -0.2) is 40.6 Å². The minimum Gasteiger partial charge on any atom is -0.486 e. The summed E-state index contributed by atoms with van der Waals surface area (Å²) in [5.41, 5.74) is 1.76. The summed E-state index contributed by atoms with van der Waals surface area (Å²) in [6.45, 7) is 4.68. The molecule has 0 bridgehead atoms. The van der Waals surface area contributed by atoms with E-state index in [4.69, 9.17) is 9.47 Å². The highest BCUT2D eigenvalue weighted by atomic mass is 32.2. The molecule has 0 unspecified atom stereocenters. The average Bonchev–Trinajstić information content (AvgIpc) is 2.67. The van der Waals surface area contributed by atoms with Crippen LogP contribution in [0.15, 0.2) is 47.4 Å². The van der Waals surface area contributed by atoms with Gasteiger partial charge in [-0.05, 0) is 43.7 Å². The number of nitrogens with one attached hydrogen (secondary N) is 1. The van der Waals surface area contributed by atoms with Crippen molar-refractivity contribution in [3.63, 3.8) is 0 Å². The summed E-state index contributed by atoms with van der Waals surface area (Å²) in [7, 11) is -3.85. The molecule has 2 aromatic carbocycles. The first-order valence-electron chi connectivity index (χ1n) is 8.67. The van der Waals surface area contributed by atoms with Crippen LogP contribution in [0.25, 0.3) is 0 Å². The van der Waals surface area contributed by atoms with Crippen LogP contribution in [-0.2, 0) is 14.8 Å². The molecule has 1 aliphatic heterocycles. The number of likely N-dealkylation sites (N-methyl/N-ethyl adjacent to an activating group) is 1. The number of amides is 1. The Morgan fingerprint density at radius 3 is 2.56 bits per heavy atom. The van der Waals surface area contributed by atoms with Crippen molar-refractivity contribution < 1.29 is 22.7 Å². The molecule has 27 heavy (non-hydrogen) atoms. The molecule has 144 valence electrons. The Bertz CT molecular complexity index is 943. The van der Waals surface area contributed by atoms with Gasteiger partial charge in [-0.3, -0.25) is 4.79 Å². The van der Waals surface area contributed by atoms with E-state index < -0.39 is 10.0 Å². The van der Waals surface area contributed by atoms with Crippen molar-refractivity contribution in [3.8, 4) is 11.5 Å². The lowest BCUT2D eigenvalue weighted by atomic mass is 10.2. The van der Waals surface area contributed by atoms with Gasteiger partial charge in [-0.15, -0.1) is 0 Å². The number of hydrogen-bond donors (Lipinski definition) is 1. The molecule has 1 aliphatic rings. The number of carbonyl (C=O) groups is 1. The summed E-state index contributed by atoms with van der Waals surface area (Å²) in [6, 6.07) is 11.9. The van der Waals surface area contributed by atoms with Gasteiger partial charge in [0.15, 0.2) is 11.5 Å². The van der Waals surface area contributed by atoms with Crippen LogP contribution < -0.4 is 19.1 Å². The van der Waals surface area contributed by atoms with E-state index in [1.54, 1.807) is 11.0 Å². The van der Waals surface area contributed by atoms with Crippen molar-refractivity contribution in [2.45, 2.75) is 18.7 Å². The molecule has 8 heteroatoms. The predicted molar refractivity (Wildman–Crippen MR) is 102 cm³/mol. The molecule has 0 atom stereocenters. The Hall–Kier alpha value is -2.58. The van der Waals surface area contributed by atoms with Gasteiger partial charge < -0.3 is 14.4 Å². The molecule has 0 radical (unpaired) electrons. The van der Waals surface area contributed by atoms with E-state index in [1.807, 2.05) is 38.1 Å². The maximum absolute atomic E-state index is 12.6. The maximum Gasteiger partial charge on any atom is 0.242 e. The standard InChI is InChI=1S/C19H22N2O5S/c1-3-21(15-6-4-5-14(2)11-15)19(22)13-20-27(23,24)16-7-8-17-18(12-16)26-10-9-25-17/h4-8,11-12,20H,3,9-10,13H2,1-2H3. The molecule has 0 saturated carbocycles. The molecule has 0 saturated heterocycles. The number of sulfonamides is 1. The summed E-state index contributed by atoms with van der Waals surface area (Å²) in [6.07, 6.45) is 0. The largest absolute Gasteiger partial charge is 0.486 e. The van der Waals surface area contributed by atoms with Crippen LogP contribution in [0.1, 0.15) is 12.5 Å². The molecule has 1 heterocycles. The maximum atomic E-state index is 12.6. The first-order chi connectivity index (χ1) is 12.9. The van der Waals surface area contributed by atoms with Gasteiger partial charge >= 0.3 is 0 Å². The highest BCUT2D eigenvalue weighted by Gasteiger charge is 2.22. The average molecular weight is 390 g/mol. The lowest BCUT2D eigenvalue weighted by Gasteiger charge is -2.22. The van der Waals surface area contributed by atoms with Crippen molar-refractivity contribution in [2.24, 2.45) is 0 Å². The Morgan fingerprint density at radius 2 is 1.85 bits per heavy atom. The fourth-order valence-corrected chi connectivity index (χ4v) is 3.81. The Balaban J connectivity index is 1.71. The van der Waals surface area contributed by atoms with Crippen molar-refractivity contribution >= 4 is 21.6 Å². The summed E-state index contributed by atoms with van der Waals surface area (Å²) >= 11 is 0. The molecule has 0 aromatic heterocycles. The van der Waals surface area contributed by atoms with E-state index in [0.717, 1.165) is 11.3 Å². The number of aryl methyl sites for hydroxylation is 1. The fourth-order valence-electron chi connectivity index (χ4n) is 2.83. The number of fused-ring (bicyclic) bond motifs is 1. The van der Waals surface area contributed by atoms with Crippen LogP contribution in [0.2, 0.25) is 0 Å². The SMILES string of the molecule is CCN(C(=O)CNS(=O)(=O)c1ccc2c(c1)OCCO2)c1cccc(C)c1. The number of ether oxygens (including phenoxy) is 2. The summed E-state index contributed by atoms with van der Waals surface area (Å²) in [5.74, 6) is 0.558. The molecule has 2 aromatic rings.